The molecule has 0 amide bonds. The first-order valence-electron chi connectivity index (χ1n) is 11.3. The second-order valence-electron chi connectivity index (χ2n) is 8.11. The average Bonchev–Trinajstić information content (AvgIpc) is 3.38. The summed E-state index contributed by atoms with van der Waals surface area (Å²) in [5, 5.41) is 0. The molecule has 2 heterocycles. The number of carbonyl (C=O) groups is 1. The lowest BCUT2D eigenvalue weighted by atomic mass is 9.96. The maximum atomic E-state index is 13.4. The quantitative estimate of drug-likeness (QED) is 0.513. The minimum atomic E-state index is -0.189. The van der Waals surface area contributed by atoms with Crippen LogP contribution in [0.25, 0.3) is 6.08 Å². The van der Waals surface area contributed by atoms with Crippen LogP contribution in [0, 0.1) is 0 Å². The number of fused-ring (bicyclic) bond motifs is 1. The van der Waals surface area contributed by atoms with Crippen LogP contribution in [0.3, 0.4) is 0 Å². The minimum absolute atomic E-state index is 0.127. The second-order valence-corrected chi connectivity index (χ2v) is 8.11. The van der Waals surface area contributed by atoms with Crippen molar-refractivity contribution in [3.8, 4) is 34.5 Å². The van der Waals surface area contributed by atoms with Crippen LogP contribution in [0.5, 0.6) is 34.5 Å². The van der Waals surface area contributed by atoms with Crippen molar-refractivity contribution >= 4 is 11.9 Å². The van der Waals surface area contributed by atoms with Crippen molar-refractivity contribution in [2.24, 2.45) is 0 Å². The van der Waals surface area contributed by atoms with Crippen LogP contribution in [0.15, 0.2) is 29.8 Å². The highest BCUT2D eigenvalue weighted by Gasteiger charge is 2.32. The molecule has 0 spiro atoms. The van der Waals surface area contributed by atoms with Crippen molar-refractivity contribution in [3.05, 3.63) is 41.0 Å². The van der Waals surface area contributed by atoms with Gasteiger partial charge in [0.2, 0.25) is 5.75 Å². The molecule has 0 atom stereocenters. The van der Waals surface area contributed by atoms with Crippen LogP contribution >= 0.6 is 0 Å². The topological polar surface area (TPSA) is 75.7 Å². The standard InChI is InChI=1S/C26H31NO7/c1-29-19-8-7-17(14-20(19)33-12-11-27-9-5-6-10-27)13-18-16-34-21-15-22(30-2)25(31-3)26(32-4)23(21)24(18)28/h7-8,13-15H,5-6,9-12,16H2,1-4H3/b18-13+. The Balaban J connectivity index is 1.59. The monoisotopic (exact) mass is 469 g/mol. The molecule has 2 aromatic rings. The zero-order chi connectivity index (χ0) is 24.1. The number of likely N-dealkylation sites (tertiary alicyclic amines) is 1. The van der Waals surface area contributed by atoms with E-state index in [1.807, 2.05) is 18.2 Å². The van der Waals surface area contributed by atoms with Crippen LogP contribution in [0.4, 0.5) is 0 Å². The normalized spacial score (nSPS) is 16.7. The van der Waals surface area contributed by atoms with Gasteiger partial charge < -0.3 is 28.4 Å². The van der Waals surface area contributed by atoms with Gasteiger partial charge in [-0.3, -0.25) is 9.69 Å². The molecule has 0 bridgehead atoms. The van der Waals surface area contributed by atoms with Crippen LogP contribution in [0.2, 0.25) is 0 Å². The Bertz CT molecular complexity index is 1070. The first kappa shape index (κ1) is 23.8. The fourth-order valence-corrected chi connectivity index (χ4v) is 4.34. The SMILES string of the molecule is COc1ccc(/C=C2\COc3cc(OC)c(OC)c(OC)c3C2=O)cc1OCCN1CCCC1. The number of methoxy groups -OCH3 is 4. The molecule has 4 rings (SSSR count). The first-order chi connectivity index (χ1) is 16.6. The number of ether oxygens (including phenoxy) is 6. The summed E-state index contributed by atoms with van der Waals surface area (Å²) < 4.78 is 33.7. The lowest BCUT2D eigenvalue weighted by molar-refractivity contribution is 0.0996. The molecule has 0 aromatic heterocycles. The van der Waals surface area contributed by atoms with Crippen molar-refractivity contribution in [1.29, 1.82) is 0 Å². The van der Waals surface area contributed by atoms with Gasteiger partial charge >= 0.3 is 0 Å². The highest BCUT2D eigenvalue weighted by Crippen LogP contribution is 2.47. The van der Waals surface area contributed by atoms with Crippen molar-refractivity contribution in [3.63, 3.8) is 0 Å². The lowest BCUT2D eigenvalue weighted by Gasteiger charge is -2.23. The first-order valence-corrected chi connectivity index (χ1v) is 11.3. The average molecular weight is 470 g/mol. The summed E-state index contributed by atoms with van der Waals surface area (Å²) in [6.45, 7) is 3.82. The van der Waals surface area contributed by atoms with Crippen LogP contribution in [0.1, 0.15) is 28.8 Å². The Morgan fingerprint density at radius 2 is 1.65 bits per heavy atom. The Labute approximate surface area is 199 Å². The van der Waals surface area contributed by atoms with E-state index in [1.165, 1.54) is 34.2 Å². The fraction of sp³-hybridized carbons (Fsp3) is 0.423. The summed E-state index contributed by atoms with van der Waals surface area (Å²) >= 11 is 0. The van der Waals surface area contributed by atoms with E-state index < -0.39 is 0 Å². The molecule has 182 valence electrons. The molecule has 8 nitrogen and oxygen atoms in total. The minimum Gasteiger partial charge on any atom is -0.493 e. The van der Waals surface area contributed by atoms with Crippen molar-refractivity contribution in [1.82, 2.24) is 4.90 Å². The number of rotatable bonds is 9. The lowest BCUT2D eigenvalue weighted by Crippen LogP contribution is -2.25. The second kappa shape index (κ2) is 10.7. The largest absolute Gasteiger partial charge is 0.493 e. The molecule has 1 saturated heterocycles. The summed E-state index contributed by atoms with van der Waals surface area (Å²) in [7, 11) is 6.12. The Hall–Kier alpha value is -3.39. The summed E-state index contributed by atoms with van der Waals surface area (Å²) in [5.41, 5.74) is 1.62. The van der Waals surface area contributed by atoms with Crippen molar-refractivity contribution < 1.29 is 33.2 Å². The Morgan fingerprint density at radius 1 is 0.912 bits per heavy atom. The highest BCUT2D eigenvalue weighted by atomic mass is 16.5. The van der Waals surface area contributed by atoms with Crippen LogP contribution < -0.4 is 28.4 Å². The number of hydrogen-bond donors (Lipinski definition) is 0. The number of nitrogens with zero attached hydrogens (tertiary/aromatic N) is 1. The molecule has 2 aliphatic rings. The maximum absolute atomic E-state index is 13.4. The summed E-state index contributed by atoms with van der Waals surface area (Å²) in [5.74, 6) is 2.57. The molecule has 0 aliphatic carbocycles. The van der Waals surface area contributed by atoms with Gasteiger partial charge in [0, 0.05) is 18.2 Å². The van der Waals surface area contributed by atoms with Gasteiger partial charge in [0.15, 0.2) is 28.8 Å². The zero-order valence-corrected chi connectivity index (χ0v) is 20.1. The van der Waals surface area contributed by atoms with E-state index in [1.54, 1.807) is 19.3 Å². The van der Waals surface area contributed by atoms with Crippen LogP contribution in [-0.4, -0.2) is 72.0 Å². The van der Waals surface area contributed by atoms with Gasteiger partial charge in [-0.05, 0) is 49.7 Å². The third kappa shape index (κ3) is 4.77. The van der Waals surface area contributed by atoms with E-state index in [0.717, 1.165) is 25.2 Å². The van der Waals surface area contributed by atoms with Crippen LogP contribution in [-0.2, 0) is 0 Å². The number of carbonyl (C=O) groups excluding carboxylic acids is 1. The number of hydrogen-bond acceptors (Lipinski definition) is 8. The molecule has 0 radical (unpaired) electrons. The molecule has 8 heteroatoms. The summed E-state index contributed by atoms with van der Waals surface area (Å²) in [6, 6.07) is 7.25. The molecule has 0 saturated carbocycles. The molecular formula is C26H31NO7. The van der Waals surface area contributed by atoms with Gasteiger partial charge in [0.1, 0.15) is 24.5 Å². The highest BCUT2D eigenvalue weighted by molar-refractivity contribution is 6.16. The maximum Gasteiger partial charge on any atom is 0.204 e. The molecule has 1 fully saturated rings. The van der Waals surface area contributed by atoms with E-state index in [4.69, 9.17) is 28.4 Å². The van der Waals surface area contributed by atoms with E-state index in [9.17, 15) is 4.79 Å². The third-order valence-corrected chi connectivity index (χ3v) is 6.09. The smallest absolute Gasteiger partial charge is 0.204 e. The molecule has 0 unspecified atom stereocenters. The van der Waals surface area contributed by atoms with E-state index in [0.29, 0.717) is 46.5 Å². The van der Waals surface area contributed by atoms with Gasteiger partial charge in [-0.1, -0.05) is 6.07 Å². The van der Waals surface area contributed by atoms with Crippen molar-refractivity contribution in [2.45, 2.75) is 12.8 Å². The number of ketones is 1. The molecule has 2 aliphatic heterocycles. The van der Waals surface area contributed by atoms with Crippen molar-refractivity contribution in [2.75, 3.05) is 61.3 Å². The van der Waals surface area contributed by atoms with E-state index in [2.05, 4.69) is 4.90 Å². The van der Waals surface area contributed by atoms with Gasteiger partial charge in [-0.15, -0.1) is 0 Å². The van der Waals surface area contributed by atoms with E-state index in [-0.39, 0.29) is 18.1 Å². The van der Waals surface area contributed by atoms with Gasteiger partial charge in [-0.2, -0.15) is 0 Å². The molecule has 0 N–H and O–H groups in total. The zero-order valence-electron chi connectivity index (χ0n) is 20.1. The number of benzene rings is 2. The Kier molecular flexibility index (Phi) is 7.47. The summed E-state index contributed by atoms with van der Waals surface area (Å²) in [4.78, 5) is 15.8. The molecular weight excluding hydrogens is 438 g/mol. The Morgan fingerprint density at radius 3 is 2.32 bits per heavy atom. The third-order valence-electron chi connectivity index (χ3n) is 6.09. The summed E-state index contributed by atoms with van der Waals surface area (Å²) in [6.07, 6.45) is 4.29. The van der Waals surface area contributed by atoms with E-state index >= 15 is 0 Å². The van der Waals surface area contributed by atoms with Gasteiger partial charge in [-0.25, -0.2) is 0 Å². The number of Topliss-reactive ketones (excluding diaryl/α,β-unsaturated/α-hetero) is 1. The van der Waals surface area contributed by atoms with Gasteiger partial charge in [0.05, 0.1) is 28.4 Å². The van der Waals surface area contributed by atoms with Gasteiger partial charge in [0.25, 0.3) is 0 Å². The fourth-order valence-electron chi connectivity index (χ4n) is 4.34. The predicted molar refractivity (Wildman–Crippen MR) is 128 cm³/mol. The molecule has 2 aromatic carbocycles. The predicted octanol–water partition coefficient (Wildman–Crippen LogP) is 3.85. The molecule has 34 heavy (non-hydrogen) atoms.